The molecule has 0 radical (unpaired) electrons. The van der Waals surface area contributed by atoms with Crippen LogP contribution in [0.1, 0.15) is 30.7 Å². The van der Waals surface area contributed by atoms with Gasteiger partial charge >= 0.3 is 5.97 Å². The molecule has 104 valence electrons. The summed E-state index contributed by atoms with van der Waals surface area (Å²) in [5.41, 5.74) is 1.05. The van der Waals surface area contributed by atoms with Crippen molar-refractivity contribution in [1.82, 2.24) is 10.3 Å². The largest absolute Gasteiger partial charge is 0.477 e. The highest BCUT2D eigenvalue weighted by Gasteiger charge is 2.14. The lowest BCUT2D eigenvalue weighted by molar-refractivity contribution is 0.0701. The van der Waals surface area contributed by atoms with E-state index < -0.39 is 5.97 Å². The van der Waals surface area contributed by atoms with Crippen LogP contribution in [0.5, 0.6) is 0 Å². The van der Waals surface area contributed by atoms with Crippen molar-refractivity contribution in [3.05, 3.63) is 49.0 Å². The maximum Gasteiger partial charge on any atom is 0.347 e. The van der Waals surface area contributed by atoms with E-state index in [0.29, 0.717) is 16.3 Å². The Morgan fingerprint density at radius 3 is 2.80 bits per heavy atom. The van der Waals surface area contributed by atoms with E-state index in [1.807, 2.05) is 12.1 Å². The van der Waals surface area contributed by atoms with Crippen LogP contribution < -0.4 is 5.32 Å². The molecule has 0 aliphatic heterocycles. The standard InChI is InChI=1S/C13H11IN2O3S/c1-7-11(13(18)19)20-10(16-7)6-15-12(17)8-3-2-4-9(14)5-8/h2-5H,6H2,1H3,(H,15,17)(H,18,19). The number of carboxylic acids is 1. The van der Waals surface area contributed by atoms with E-state index >= 15 is 0 Å². The lowest BCUT2D eigenvalue weighted by atomic mass is 10.2. The molecule has 1 heterocycles. The molecule has 1 amide bonds. The summed E-state index contributed by atoms with van der Waals surface area (Å²) in [5.74, 6) is -1.19. The van der Waals surface area contributed by atoms with Gasteiger partial charge in [-0.15, -0.1) is 11.3 Å². The molecule has 1 aromatic heterocycles. The van der Waals surface area contributed by atoms with Crippen molar-refractivity contribution in [2.24, 2.45) is 0 Å². The topological polar surface area (TPSA) is 79.3 Å². The average Bonchev–Trinajstić information content (AvgIpc) is 2.77. The number of carbonyl (C=O) groups is 2. The molecule has 0 spiro atoms. The molecule has 2 N–H and O–H groups in total. The van der Waals surface area contributed by atoms with Crippen LogP contribution in [0.3, 0.4) is 0 Å². The second-order valence-corrected chi connectivity index (χ2v) is 6.35. The van der Waals surface area contributed by atoms with Gasteiger partial charge in [0.2, 0.25) is 0 Å². The third-order valence-electron chi connectivity index (χ3n) is 2.52. The number of amides is 1. The number of halogens is 1. The lowest BCUT2D eigenvalue weighted by Crippen LogP contribution is -2.22. The number of benzene rings is 1. The molecule has 0 fully saturated rings. The third-order valence-corrected chi connectivity index (χ3v) is 4.34. The number of hydrogen-bond acceptors (Lipinski definition) is 4. The average molecular weight is 402 g/mol. The smallest absolute Gasteiger partial charge is 0.347 e. The van der Waals surface area contributed by atoms with Gasteiger partial charge in [-0.25, -0.2) is 9.78 Å². The molecule has 0 atom stereocenters. The van der Waals surface area contributed by atoms with Gasteiger partial charge in [0.15, 0.2) is 0 Å². The van der Waals surface area contributed by atoms with Gasteiger partial charge in [-0.2, -0.15) is 0 Å². The predicted molar refractivity (Wildman–Crippen MR) is 84.1 cm³/mol. The van der Waals surface area contributed by atoms with Crippen LogP contribution in [0.25, 0.3) is 0 Å². The Bertz CT molecular complexity index is 669. The van der Waals surface area contributed by atoms with E-state index in [0.717, 1.165) is 14.9 Å². The molecule has 20 heavy (non-hydrogen) atoms. The normalized spacial score (nSPS) is 10.3. The van der Waals surface area contributed by atoms with Gasteiger partial charge in [0.1, 0.15) is 9.88 Å². The summed E-state index contributed by atoms with van der Waals surface area (Å²) in [6.45, 7) is 1.87. The van der Waals surface area contributed by atoms with E-state index in [2.05, 4.69) is 32.9 Å². The SMILES string of the molecule is Cc1nc(CNC(=O)c2cccc(I)c2)sc1C(=O)O. The Morgan fingerprint density at radius 2 is 2.20 bits per heavy atom. The summed E-state index contributed by atoms with van der Waals surface area (Å²) in [4.78, 5) is 27.2. The van der Waals surface area contributed by atoms with Gasteiger partial charge in [-0.1, -0.05) is 6.07 Å². The highest BCUT2D eigenvalue weighted by atomic mass is 127. The number of rotatable bonds is 4. The molecule has 2 aromatic rings. The van der Waals surface area contributed by atoms with Gasteiger partial charge in [0, 0.05) is 9.13 Å². The van der Waals surface area contributed by atoms with Crippen LogP contribution in [-0.2, 0) is 6.54 Å². The number of aromatic nitrogens is 1. The van der Waals surface area contributed by atoms with Gasteiger partial charge in [-0.3, -0.25) is 4.79 Å². The number of aryl methyl sites for hydroxylation is 1. The Labute approximate surface area is 133 Å². The quantitative estimate of drug-likeness (QED) is 0.771. The molecule has 5 nitrogen and oxygen atoms in total. The number of nitrogens with zero attached hydrogens (tertiary/aromatic N) is 1. The Hall–Kier alpha value is -1.48. The summed E-state index contributed by atoms with van der Waals surface area (Å²) in [5, 5.41) is 12.3. The number of carboxylic acid groups (broad SMARTS) is 1. The van der Waals surface area contributed by atoms with Gasteiger partial charge in [-0.05, 0) is 47.7 Å². The lowest BCUT2D eigenvalue weighted by Gasteiger charge is -2.03. The molecule has 7 heteroatoms. The van der Waals surface area contributed by atoms with Crippen LogP contribution in [0, 0.1) is 10.5 Å². The molecular formula is C13H11IN2O3S. The molecule has 0 saturated heterocycles. The van der Waals surface area contributed by atoms with Gasteiger partial charge < -0.3 is 10.4 Å². The first kappa shape index (κ1) is 14.9. The minimum atomic E-state index is -0.991. The second kappa shape index (κ2) is 6.31. The molecule has 0 unspecified atom stereocenters. The first-order valence-corrected chi connectivity index (χ1v) is 7.60. The van der Waals surface area contributed by atoms with Crippen molar-refractivity contribution in [2.75, 3.05) is 0 Å². The van der Waals surface area contributed by atoms with E-state index in [1.54, 1.807) is 19.1 Å². The fraction of sp³-hybridized carbons (Fsp3) is 0.154. The summed E-state index contributed by atoms with van der Waals surface area (Å²) < 4.78 is 0.980. The second-order valence-electron chi connectivity index (χ2n) is 4.02. The van der Waals surface area contributed by atoms with Crippen LogP contribution in [0.2, 0.25) is 0 Å². The maximum atomic E-state index is 11.9. The first-order chi connectivity index (χ1) is 9.47. The molecular weight excluding hydrogens is 391 g/mol. The van der Waals surface area contributed by atoms with E-state index in [4.69, 9.17) is 5.11 Å². The maximum absolute atomic E-state index is 11.9. The van der Waals surface area contributed by atoms with Crippen molar-refractivity contribution < 1.29 is 14.7 Å². The van der Waals surface area contributed by atoms with Crippen LogP contribution in [-0.4, -0.2) is 22.0 Å². The minimum absolute atomic E-state index is 0.201. The zero-order chi connectivity index (χ0) is 14.7. The summed E-state index contributed by atoms with van der Waals surface area (Å²) in [6, 6.07) is 7.23. The fourth-order valence-corrected chi connectivity index (χ4v) is 3.00. The Morgan fingerprint density at radius 1 is 1.45 bits per heavy atom. The summed E-state index contributed by atoms with van der Waals surface area (Å²) in [6.07, 6.45) is 0. The van der Waals surface area contributed by atoms with Crippen molar-refractivity contribution in [2.45, 2.75) is 13.5 Å². The van der Waals surface area contributed by atoms with E-state index in [1.165, 1.54) is 0 Å². The monoisotopic (exact) mass is 402 g/mol. The Balaban J connectivity index is 2.04. The zero-order valence-electron chi connectivity index (χ0n) is 10.5. The predicted octanol–water partition coefficient (Wildman–Crippen LogP) is 2.68. The van der Waals surface area contributed by atoms with Crippen molar-refractivity contribution >= 4 is 45.8 Å². The molecule has 1 aromatic carbocycles. The molecule has 0 aliphatic carbocycles. The highest BCUT2D eigenvalue weighted by molar-refractivity contribution is 14.1. The summed E-state index contributed by atoms with van der Waals surface area (Å²) >= 11 is 3.22. The summed E-state index contributed by atoms with van der Waals surface area (Å²) in [7, 11) is 0. The van der Waals surface area contributed by atoms with Gasteiger partial charge in [0.25, 0.3) is 5.91 Å². The van der Waals surface area contributed by atoms with Crippen LogP contribution >= 0.6 is 33.9 Å². The number of aromatic carboxylic acids is 1. The van der Waals surface area contributed by atoms with E-state index in [-0.39, 0.29) is 17.3 Å². The van der Waals surface area contributed by atoms with E-state index in [9.17, 15) is 9.59 Å². The molecule has 0 aliphatic rings. The Kier molecular flexibility index (Phi) is 4.71. The van der Waals surface area contributed by atoms with Gasteiger partial charge in [0.05, 0.1) is 12.2 Å². The number of hydrogen-bond donors (Lipinski definition) is 2. The number of carbonyl (C=O) groups excluding carboxylic acids is 1. The van der Waals surface area contributed by atoms with Crippen molar-refractivity contribution in [3.8, 4) is 0 Å². The van der Waals surface area contributed by atoms with Crippen LogP contribution in [0.15, 0.2) is 24.3 Å². The number of nitrogens with one attached hydrogen (secondary N) is 1. The molecule has 2 rings (SSSR count). The molecule has 0 bridgehead atoms. The minimum Gasteiger partial charge on any atom is -0.477 e. The third kappa shape index (κ3) is 3.54. The fourth-order valence-electron chi connectivity index (χ4n) is 1.61. The van der Waals surface area contributed by atoms with Crippen molar-refractivity contribution in [1.29, 1.82) is 0 Å². The zero-order valence-corrected chi connectivity index (χ0v) is 13.5. The van der Waals surface area contributed by atoms with Crippen molar-refractivity contribution in [3.63, 3.8) is 0 Å². The number of thiazole rings is 1. The first-order valence-electron chi connectivity index (χ1n) is 5.70. The molecule has 0 saturated carbocycles. The highest BCUT2D eigenvalue weighted by Crippen LogP contribution is 2.18. The van der Waals surface area contributed by atoms with Crippen LogP contribution in [0.4, 0.5) is 0 Å².